The smallest absolute Gasteiger partial charge is 0.363 e. The Bertz CT molecular complexity index is 1100. The number of ether oxygens (including phenoxy) is 3. The fourth-order valence-electron chi connectivity index (χ4n) is 3.13. The van der Waals surface area contributed by atoms with Crippen LogP contribution < -0.4 is 9.47 Å². The van der Waals surface area contributed by atoms with Crippen LogP contribution in [-0.4, -0.2) is 19.0 Å². The van der Waals surface area contributed by atoms with Crippen LogP contribution in [0, 0.1) is 0 Å². The molecule has 0 amide bonds. The summed E-state index contributed by atoms with van der Waals surface area (Å²) in [5.41, 5.74) is 2.83. The Morgan fingerprint density at radius 1 is 0.933 bits per heavy atom. The van der Waals surface area contributed by atoms with Crippen LogP contribution in [0.15, 0.2) is 89.6 Å². The summed E-state index contributed by atoms with van der Waals surface area (Å²) in [6.45, 7) is 1.99. The molecule has 1 atom stereocenters. The summed E-state index contributed by atoms with van der Waals surface area (Å²) in [6, 6.07) is 24.8. The second kappa shape index (κ2) is 8.66. The second-order valence-corrected chi connectivity index (χ2v) is 6.78. The van der Waals surface area contributed by atoms with Crippen molar-refractivity contribution in [3.63, 3.8) is 0 Å². The molecule has 1 heterocycles. The summed E-state index contributed by atoms with van der Waals surface area (Å²) in [7, 11) is 1.59. The second-order valence-electron chi connectivity index (χ2n) is 6.78. The van der Waals surface area contributed by atoms with Crippen LogP contribution in [0.25, 0.3) is 6.08 Å². The third-order valence-corrected chi connectivity index (χ3v) is 4.71. The van der Waals surface area contributed by atoms with Gasteiger partial charge in [0.25, 0.3) is 0 Å². The van der Waals surface area contributed by atoms with Crippen molar-refractivity contribution < 1.29 is 19.0 Å². The monoisotopic (exact) mass is 399 g/mol. The van der Waals surface area contributed by atoms with Crippen molar-refractivity contribution in [3.8, 4) is 11.5 Å². The van der Waals surface area contributed by atoms with E-state index in [1.165, 1.54) is 0 Å². The van der Waals surface area contributed by atoms with E-state index in [2.05, 4.69) is 4.99 Å². The molecule has 0 aromatic heterocycles. The Kier molecular flexibility index (Phi) is 5.61. The molecule has 3 aromatic carbocycles. The normalized spacial score (nSPS) is 15.5. The lowest BCUT2D eigenvalue weighted by Gasteiger charge is -2.17. The minimum absolute atomic E-state index is 0.132. The minimum Gasteiger partial charge on any atom is -0.493 e. The van der Waals surface area contributed by atoms with Gasteiger partial charge in [-0.1, -0.05) is 54.6 Å². The Labute approximate surface area is 175 Å². The molecular weight excluding hydrogens is 378 g/mol. The van der Waals surface area contributed by atoms with Crippen LogP contribution >= 0.6 is 0 Å². The Hall–Kier alpha value is -3.86. The molecule has 0 aliphatic carbocycles. The van der Waals surface area contributed by atoms with E-state index in [0.29, 0.717) is 17.4 Å². The molecule has 0 saturated carbocycles. The molecule has 0 saturated heterocycles. The average Bonchev–Trinajstić information content (AvgIpc) is 3.16. The van der Waals surface area contributed by atoms with Crippen LogP contribution in [0.1, 0.15) is 29.7 Å². The topological polar surface area (TPSA) is 57.1 Å². The van der Waals surface area contributed by atoms with Crippen molar-refractivity contribution >= 4 is 17.9 Å². The molecule has 4 rings (SSSR count). The fraction of sp³-hybridized carbons (Fsp3) is 0.120. The van der Waals surface area contributed by atoms with Gasteiger partial charge in [0.05, 0.1) is 7.11 Å². The standard InChI is InChI=1S/C25H21NO4/c1-17(19-9-5-3-6-10-19)29-22-14-13-18(16-23(22)28-2)15-21-25(27)30-24(26-21)20-11-7-4-8-12-20/h3-17H,1-2H3/b21-15-/t17-/m1/s1. The predicted octanol–water partition coefficient (Wildman–Crippen LogP) is 5.18. The van der Waals surface area contributed by atoms with Gasteiger partial charge in [0.1, 0.15) is 6.10 Å². The van der Waals surface area contributed by atoms with E-state index in [1.54, 1.807) is 13.2 Å². The highest BCUT2D eigenvalue weighted by Gasteiger charge is 2.24. The van der Waals surface area contributed by atoms with Gasteiger partial charge >= 0.3 is 5.97 Å². The SMILES string of the molecule is COc1cc(/C=C2\N=C(c3ccccc3)OC2=O)ccc1O[C@H](C)c1ccccc1. The van der Waals surface area contributed by atoms with Crippen molar-refractivity contribution in [1.82, 2.24) is 0 Å². The number of rotatable bonds is 6. The van der Waals surface area contributed by atoms with Gasteiger partial charge in [-0.25, -0.2) is 9.79 Å². The number of cyclic esters (lactones) is 1. The highest BCUT2D eigenvalue weighted by molar-refractivity contribution is 6.12. The first-order valence-electron chi connectivity index (χ1n) is 9.61. The average molecular weight is 399 g/mol. The molecule has 30 heavy (non-hydrogen) atoms. The zero-order valence-corrected chi connectivity index (χ0v) is 16.7. The summed E-state index contributed by atoms with van der Waals surface area (Å²) >= 11 is 0. The molecular formula is C25H21NO4. The van der Waals surface area contributed by atoms with Gasteiger partial charge in [-0.3, -0.25) is 0 Å². The van der Waals surface area contributed by atoms with Gasteiger partial charge in [0, 0.05) is 5.56 Å². The van der Waals surface area contributed by atoms with Gasteiger partial charge in [0.2, 0.25) is 5.90 Å². The van der Waals surface area contributed by atoms with Crippen LogP contribution in [0.2, 0.25) is 0 Å². The van der Waals surface area contributed by atoms with E-state index in [9.17, 15) is 4.79 Å². The summed E-state index contributed by atoms with van der Waals surface area (Å²) in [5, 5.41) is 0. The number of hydrogen-bond acceptors (Lipinski definition) is 5. The Morgan fingerprint density at radius 2 is 1.63 bits per heavy atom. The molecule has 1 aliphatic rings. The van der Waals surface area contributed by atoms with Gasteiger partial charge in [-0.15, -0.1) is 0 Å². The Morgan fingerprint density at radius 3 is 2.33 bits per heavy atom. The lowest BCUT2D eigenvalue weighted by Crippen LogP contribution is -2.05. The first-order chi connectivity index (χ1) is 14.6. The van der Waals surface area contributed by atoms with E-state index in [0.717, 1.165) is 16.7 Å². The molecule has 0 fully saturated rings. The van der Waals surface area contributed by atoms with E-state index in [4.69, 9.17) is 14.2 Å². The summed E-state index contributed by atoms with van der Waals surface area (Å²) < 4.78 is 16.9. The van der Waals surface area contributed by atoms with Crippen molar-refractivity contribution in [2.75, 3.05) is 7.11 Å². The quantitative estimate of drug-likeness (QED) is 0.423. The maximum atomic E-state index is 12.2. The van der Waals surface area contributed by atoms with E-state index >= 15 is 0 Å². The zero-order valence-electron chi connectivity index (χ0n) is 16.7. The zero-order chi connectivity index (χ0) is 20.9. The Balaban J connectivity index is 1.57. The van der Waals surface area contributed by atoms with Crippen LogP contribution in [0.5, 0.6) is 11.5 Å². The lowest BCUT2D eigenvalue weighted by molar-refractivity contribution is -0.129. The van der Waals surface area contributed by atoms with Crippen molar-refractivity contribution in [3.05, 3.63) is 101 Å². The number of carbonyl (C=O) groups excluding carboxylic acids is 1. The molecule has 0 bridgehead atoms. The number of benzene rings is 3. The molecule has 0 radical (unpaired) electrons. The summed E-state index contributed by atoms with van der Waals surface area (Å²) in [4.78, 5) is 16.6. The minimum atomic E-state index is -0.481. The molecule has 0 unspecified atom stereocenters. The van der Waals surface area contributed by atoms with E-state index in [-0.39, 0.29) is 11.8 Å². The lowest BCUT2D eigenvalue weighted by atomic mass is 10.1. The van der Waals surface area contributed by atoms with Crippen molar-refractivity contribution in [1.29, 1.82) is 0 Å². The predicted molar refractivity (Wildman–Crippen MR) is 116 cm³/mol. The van der Waals surface area contributed by atoms with Gasteiger partial charge in [-0.2, -0.15) is 0 Å². The molecule has 3 aromatic rings. The van der Waals surface area contributed by atoms with E-state index in [1.807, 2.05) is 85.8 Å². The van der Waals surface area contributed by atoms with Gasteiger partial charge in [0.15, 0.2) is 17.2 Å². The van der Waals surface area contributed by atoms with Gasteiger partial charge < -0.3 is 14.2 Å². The van der Waals surface area contributed by atoms with Crippen LogP contribution in [0.4, 0.5) is 0 Å². The fourth-order valence-corrected chi connectivity index (χ4v) is 3.13. The number of hydrogen-bond donors (Lipinski definition) is 0. The largest absolute Gasteiger partial charge is 0.493 e. The third kappa shape index (κ3) is 4.25. The maximum Gasteiger partial charge on any atom is 0.363 e. The molecule has 0 N–H and O–H groups in total. The van der Waals surface area contributed by atoms with Crippen molar-refractivity contribution in [2.24, 2.45) is 4.99 Å². The van der Waals surface area contributed by atoms with Crippen LogP contribution in [0.3, 0.4) is 0 Å². The summed E-state index contributed by atoms with van der Waals surface area (Å²) in [6.07, 6.45) is 1.54. The number of nitrogens with zero attached hydrogens (tertiary/aromatic N) is 1. The van der Waals surface area contributed by atoms with Gasteiger partial charge in [-0.05, 0) is 48.4 Å². The maximum absolute atomic E-state index is 12.2. The first-order valence-corrected chi connectivity index (χ1v) is 9.61. The molecule has 5 heteroatoms. The molecule has 150 valence electrons. The number of carbonyl (C=O) groups is 1. The van der Waals surface area contributed by atoms with Crippen molar-refractivity contribution in [2.45, 2.75) is 13.0 Å². The first kappa shape index (κ1) is 19.5. The third-order valence-electron chi connectivity index (χ3n) is 4.71. The van der Waals surface area contributed by atoms with Crippen LogP contribution in [-0.2, 0) is 9.53 Å². The highest BCUT2D eigenvalue weighted by atomic mass is 16.6. The van der Waals surface area contributed by atoms with E-state index < -0.39 is 5.97 Å². The highest BCUT2D eigenvalue weighted by Crippen LogP contribution is 2.33. The molecule has 5 nitrogen and oxygen atoms in total. The summed E-state index contributed by atoms with van der Waals surface area (Å²) in [5.74, 6) is 1.02. The number of aliphatic imine (C=N–C) groups is 1. The molecule has 0 spiro atoms. The number of esters is 1. The molecule has 1 aliphatic heterocycles. The number of methoxy groups -OCH3 is 1.